The molecule has 0 radical (unpaired) electrons. The summed E-state index contributed by atoms with van der Waals surface area (Å²) in [7, 11) is -7.55. The maximum Gasteiger partial charge on any atom is 0.248 e. The van der Waals surface area contributed by atoms with E-state index < -0.39 is 48.1 Å². The van der Waals surface area contributed by atoms with E-state index in [1.54, 1.807) is 32.9 Å². The van der Waals surface area contributed by atoms with E-state index in [4.69, 9.17) is 9.47 Å². The summed E-state index contributed by atoms with van der Waals surface area (Å²) < 4.78 is 81.3. The number of sulfonamides is 1. The Morgan fingerprint density at radius 2 is 1.82 bits per heavy atom. The van der Waals surface area contributed by atoms with Gasteiger partial charge in [0.2, 0.25) is 15.5 Å². The number of rotatable bonds is 11. The van der Waals surface area contributed by atoms with Crippen molar-refractivity contribution < 1.29 is 35.8 Å². The van der Waals surface area contributed by atoms with Gasteiger partial charge in [-0.3, -0.25) is 4.79 Å². The lowest BCUT2D eigenvalue weighted by atomic mass is 9.84. The van der Waals surface area contributed by atoms with Gasteiger partial charge in [-0.1, -0.05) is 12.1 Å². The number of halogens is 1. The molecular formula is C32H41FN2O8S2. The van der Waals surface area contributed by atoms with Crippen molar-refractivity contribution in [3.05, 3.63) is 64.7 Å². The Bertz CT molecular complexity index is 1820. The van der Waals surface area contributed by atoms with E-state index in [0.717, 1.165) is 6.42 Å². The number of hydrogen-bond acceptors (Lipinski definition) is 8. The zero-order valence-corrected chi connectivity index (χ0v) is 27.4. The molecule has 0 aliphatic carbocycles. The molecule has 13 heteroatoms. The Morgan fingerprint density at radius 3 is 2.51 bits per heavy atom. The molecule has 2 atom stereocenters. The fourth-order valence-corrected chi connectivity index (χ4v) is 8.92. The molecular weight excluding hydrogens is 623 g/mol. The molecule has 2 aliphatic heterocycles. The Labute approximate surface area is 263 Å². The molecule has 0 bridgehead atoms. The SMILES string of the molecule is CCn1cc(S(=O)(=O)N2CCC3(CC2)C[C@@H](CC[C@H](O)COc2cccc(S(=O)(=O)C(C)C)c2)CO3)c(=O)c2cccc(F)c21. The molecule has 0 amide bonds. The monoisotopic (exact) mass is 664 g/mol. The lowest BCUT2D eigenvalue weighted by Gasteiger charge is -2.38. The van der Waals surface area contributed by atoms with E-state index in [-0.39, 0.29) is 46.3 Å². The first-order valence-corrected chi connectivity index (χ1v) is 18.4. The van der Waals surface area contributed by atoms with Crippen molar-refractivity contribution in [2.24, 2.45) is 5.92 Å². The number of para-hydroxylation sites is 1. The van der Waals surface area contributed by atoms with Crippen LogP contribution >= 0.6 is 0 Å². The van der Waals surface area contributed by atoms with Gasteiger partial charge in [-0.05, 0) is 89.1 Å². The normalized spacial score (nSPS) is 19.8. The van der Waals surface area contributed by atoms with Gasteiger partial charge >= 0.3 is 0 Å². The van der Waals surface area contributed by atoms with Crippen LogP contribution in [-0.2, 0) is 31.1 Å². The fraction of sp³-hybridized carbons (Fsp3) is 0.531. The number of aryl methyl sites for hydroxylation is 1. The van der Waals surface area contributed by atoms with E-state index in [1.807, 2.05) is 0 Å². The molecule has 2 fully saturated rings. The summed E-state index contributed by atoms with van der Waals surface area (Å²) in [5.74, 6) is -0.00706. The summed E-state index contributed by atoms with van der Waals surface area (Å²) in [6.07, 6.45) is 3.36. The minimum absolute atomic E-state index is 0.0257. The lowest BCUT2D eigenvalue weighted by Crippen LogP contribution is -2.47. The zero-order valence-electron chi connectivity index (χ0n) is 25.8. The van der Waals surface area contributed by atoms with Gasteiger partial charge in [0, 0.05) is 25.8 Å². The number of nitrogens with zero attached hydrogens (tertiary/aromatic N) is 2. The number of aromatic nitrogens is 1. The van der Waals surface area contributed by atoms with Gasteiger partial charge in [-0.25, -0.2) is 21.2 Å². The average molecular weight is 665 g/mol. The predicted octanol–water partition coefficient (Wildman–Crippen LogP) is 4.12. The highest BCUT2D eigenvalue weighted by Crippen LogP contribution is 2.41. The summed E-state index contributed by atoms with van der Waals surface area (Å²) in [5.41, 5.74) is -1.08. The van der Waals surface area contributed by atoms with Gasteiger partial charge in [0.1, 0.15) is 23.1 Å². The standard InChI is InChI=1S/C32H41FN2O8S2/c1-4-34-19-29(31(37)27-9-6-10-28(33)30(27)34)45(40,41)35-15-13-32(14-16-35)18-23(20-43-32)11-12-24(36)21-42-25-7-5-8-26(17-25)44(38,39)22(2)3/h5-10,17,19,22-24,36H,4,11-16,18,20-21H2,1-3H3/t23-,24+/m1/s1. The van der Waals surface area contributed by atoms with E-state index in [9.17, 15) is 31.1 Å². The summed E-state index contributed by atoms with van der Waals surface area (Å²) in [6, 6.07) is 10.4. The first kappa shape index (κ1) is 33.5. The second-order valence-electron chi connectivity index (χ2n) is 12.3. The largest absolute Gasteiger partial charge is 0.491 e. The quantitative estimate of drug-likeness (QED) is 0.324. The second-order valence-corrected chi connectivity index (χ2v) is 16.7. The molecule has 1 aromatic heterocycles. The molecule has 45 heavy (non-hydrogen) atoms. The van der Waals surface area contributed by atoms with Crippen LogP contribution in [0.3, 0.4) is 0 Å². The third-order valence-corrected chi connectivity index (χ3v) is 13.0. The number of ether oxygens (including phenoxy) is 2. The minimum Gasteiger partial charge on any atom is -0.491 e. The summed E-state index contributed by atoms with van der Waals surface area (Å²) >= 11 is 0. The number of pyridine rings is 1. The van der Waals surface area contributed by atoms with Crippen LogP contribution in [0.5, 0.6) is 5.75 Å². The van der Waals surface area contributed by atoms with Crippen LogP contribution in [0.4, 0.5) is 4.39 Å². The summed E-state index contributed by atoms with van der Waals surface area (Å²) in [5, 5.41) is 10.0. The highest BCUT2D eigenvalue weighted by Gasteiger charge is 2.45. The molecule has 2 aliphatic rings. The Kier molecular flexibility index (Phi) is 9.77. The Hall–Kier alpha value is -2.84. The van der Waals surface area contributed by atoms with Crippen LogP contribution in [0.2, 0.25) is 0 Å². The number of piperidine rings is 1. The molecule has 5 rings (SSSR count). The van der Waals surface area contributed by atoms with Crippen molar-refractivity contribution in [1.82, 2.24) is 8.87 Å². The van der Waals surface area contributed by atoms with Gasteiger partial charge in [-0.15, -0.1) is 0 Å². The Balaban J connectivity index is 1.15. The van der Waals surface area contributed by atoms with Crippen molar-refractivity contribution in [2.45, 2.75) is 86.2 Å². The molecule has 2 saturated heterocycles. The fourth-order valence-electron chi connectivity index (χ4n) is 6.28. The second kappa shape index (κ2) is 13.1. The lowest BCUT2D eigenvalue weighted by molar-refractivity contribution is -0.0314. The molecule has 1 N–H and O–H groups in total. The highest BCUT2D eigenvalue weighted by atomic mass is 32.2. The third-order valence-electron chi connectivity index (χ3n) is 9.00. The van der Waals surface area contributed by atoms with E-state index >= 15 is 0 Å². The minimum atomic E-state index is -4.11. The summed E-state index contributed by atoms with van der Waals surface area (Å²) in [4.78, 5) is 13.0. The Morgan fingerprint density at radius 1 is 1.11 bits per heavy atom. The van der Waals surface area contributed by atoms with E-state index in [2.05, 4.69) is 0 Å². The van der Waals surface area contributed by atoms with Gasteiger partial charge in [-0.2, -0.15) is 4.31 Å². The first-order chi connectivity index (χ1) is 21.3. The van der Waals surface area contributed by atoms with Gasteiger partial charge < -0.3 is 19.1 Å². The van der Waals surface area contributed by atoms with Crippen molar-refractivity contribution in [1.29, 1.82) is 0 Å². The first-order valence-electron chi connectivity index (χ1n) is 15.4. The molecule has 2 aromatic carbocycles. The van der Waals surface area contributed by atoms with Crippen LogP contribution in [-0.4, -0.2) is 74.1 Å². The van der Waals surface area contributed by atoms with Crippen LogP contribution in [0.1, 0.15) is 52.9 Å². The number of benzene rings is 2. The number of hydrogen-bond donors (Lipinski definition) is 1. The number of fused-ring (bicyclic) bond motifs is 1. The molecule has 0 saturated carbocycles. The zero-order chi connectivity index (χ0) is 32.6. The van der Waals surface area contributed by atoms with E-state index in [0.29, 0.717) is 44.6 Å². The number of sulfone groups is 1. The molecule has 1 spiro atoms. The number of aliphatic hydroxyl groups is 1. The molecule has 3 heterocycles. The maximum atomic E-state index is 14.5. The molecule has 0 unspecified atom stereocenters. The van der Waals surface area contributed by atoms with Crippen LogP contribution in [0.25, 0.3) is 10.9 Å². The molecule has 246 valence electrons. The molecule has 3 aromatic rings. The summed E-state index contributed by atoms with van der Waals surface area (Å²) in [6.45, 7) is 6.23. The van der Waals surface area contributed by atoms with Crippen molar-refractivity contribution in [3.63, 3.8) is 0 Å². The van der Waals surface area contributed by atoms with Gasteiger partial charge in [0.05, 0.1) is 39.4 Å². The van der Waals surface area contributed by atoms with Gasteiger partial charge in [0.25, 0.3) is 0 Å². The van der Waals surface area contributed by atoms with E-state index in [1.165, 1.54) is 45.4 Å². The number of aliphatic hydroxyl groups excluding tert-OH is 1. The van der Waals surface area contributed by atoms with Crippen LogP contribution < -0.4 is 10.2 Å². The highest BCUT2D eigenvalue weighted by molar-refractivity contribution is 7.92. The van der Waals surface area contributed by atoms with Crippen molar-refractivity contribution in [3.8, 4) is 5.75 Å². The van der Waals surface area contributed by atoms with Gasteiger partial charge in [0.15, 0.2) is 9.84 Å². The van der Waals surface area contributed by atoms with Crippen molar-refractivity contribution in [2.75, 3.05) is 26.3 Å². The smallest absolute Gasteiger partial charge is 0.248 e. The molecule has 10 nitrogen and oxygen atoms in total. The third kappa shape index (κ3) is 6.83. The van der Waals surface area contributed by atoms with Crippen LogP contribution in [0.15, 0.2) is 63.2 Å². The van der Waals surface area contributed by atoms with Crippen molar-refractivity contribution >= 4 is 30.8 Å². The maximum absolute atomic E-state index is 14.5. The van der Waals surface area contributed by atoms with Crippen LogP contribution in [0, 0.1) is 11.7 Å². The topological polar surface area (TPSA) is 132 Å². The average Bonchev–Trinajstić information content (AvgIpc) is 3.41. The predicted molar refractivity (Wildman–Crippen MR) is 168 cm³/mol.